The van der Waals surface area contributed by atoms with E-state index in [4.69, 9.17) is 14.6 Å². The number of aliphatic carboxylic acids is 1. The predicted molar refractivity (Wildman–Crippen MR) is 118 cm³/mol. The first-order valence-electron chi connectivity index (χ1n) is 10.4. The highest BCUT2D eigenvalue weighted by Gasteiger charge is 2.33. The average Bonchev–Trinajstić information content (AvgIpc) is 3.24. The maximum atomic E-state index is 12.9. The second kappa shape index (κ2) is 10.1. The molecular formula is C24H28N2O5. The van der Waals surface area contributed by atoms with Crippen LogP contribution in [0.3, 0.4) is 0 Å². The molecule has 1 amide bonds. The van der Waals surface area contributed by atoms with Gasteiger partial charge in [0.25, 0.3) is 0 Å². The summed E-state index contributed by atoms with van der Waals surface area (Å²) in [7, 11) is 3.18. The van der Waals surface area contributed by atoms with Gasteiger partial charge in [-0.15, -0.1) is 0 Å². The summed E-state index contributed by atoms with van der Waals surface area (Å²) in [6, 6.07) is 13.5. The van der Waals surface area contributed by atoms with Crippen molar-refractivity contribution in [1.29, 1.82) is 0 Å². The minimum Gasteiger partial charge on any atom is -0.497 e. The number of ether oxygens (including phenoxy) is 2. The van der Waals surface area contributed by atoms with Crippen molar-refractivity contribution in [1.82, 2.24) is 5.01 Å². The van der Waals surface area contributed by atoms with E-state index in [-0.39, 0.29) is 31.2 Å². The Hall–Kier alpha value is -3.35. The lowest BCUT2D eigenvalue weighted by molar-refractivity contribution is -0.137. The van der Waals surface area contributed by atoms with Crippen molar-refractivity contribution < 1.29 is 24.2 Å². The third-order valence-corrected chi connectivity index (χ3v) is 5.40. The number of carbonyl (C=O) groups is 2. The molecule has 0 saturated carbocycles. The molecule has 1 aliphatic rings. The molecule has 1 unspecified atom stereocenters. The molecule has 1 atom stereocenters. The van der Waals surface area contributed by atoms with Gasteiger partial charge in [-0.2, -0.15) is 5.10 Å². The quantitative estimate of drug-likeness (QED) is 0.652. The van der Waals surface area contributed by atoms with E-state index in [1.807, 2.05) is 24.3 Å². The molecule has 7 nitrogen and oxygen atoms in total. The number of carbonyl (C=O) groups excluding carboxylic acids is 1. The Morgan fingerprint density at radius 3 is 2.26 bits per heavy atom. The van der Waals surface area contributed by atoms with Gasteiger partial charge in [0.15, 0.2) is 0 Å². The van der Waals surface area contributed by atoms with Crippen molar-refractivity contribution in [2.24, 2.45) is 5.10 Å². The van der Waals surface area contributed by atoms with Gasteiger partial charge in [-0.3, -0.25) is 9.59 Å². The summed E-state index contributed by atoms with van der Waals surface area (Å²) in [4.78, 5) is 23.8. The van der Waals surface area contributed by atoms with E-state index in [2.05, 4.69) is 24.2 Å². The van der Waals surface area contributed by atoms with Crippen LogP contribution in [0.4, 0.5) is 0 Å². The van der Waals surface area contributed by atoms with Crippen LogP contribution in [0.5, 0.6) is 11.5 Å². The molecule has 0 aromatic heterocycles. The van der Waals surface area contributed by atoms with E-state index in [1.54, 1.807) is 20.3 Å². The van der Waals surface area contributed by atoms with Crippen molar-refractivity contribution in [3.8, 4) is 11.5 Å². The highest BCUT2D eigenvalue weighted by molar-refractivity contribution is 6.03. The average molecular weight is 424 g/mol. The summed E-state index contributed by atoms with van der Waals surface area (Å²) in [6.07, 6.45) is 1.86. The number of carboxylic acid groups (broad SMARTS) is 1. The third-order valence-electron chi connectivity index (χ3n) is 5.40. The monoisotopic (exact) mass is 424 g/mol. The second-order valence-corrected chi connectivity index (χ2v) is 7.45. The highest BCUT2D eigenvalue weighted by atomic mass is 16.5. The van der Waals surface area contributed by atoms with Gasteiger partial charge in [0.05, 0.1) is 26.0 Å². The van der Waals surface area contributed by atoms with Crippen LogP contribution in [0.25, 0.3) is 0 Å². The van der Waals surface area contributed by atoms with E-state index >= 15 is 0 Å². The van der Waals surface area contributed by atoms with Gasteiger partial charge in [-0.25, -0.2) is 5.01 Å². The Bertz CT molecular complexity index is 946. The maximum Gasteiger partial charge on any atom is 0.303 e. The molecule has 1 N–H and O–H groups in total. The van der Waals surface area contributed by atoms with Crippen LogP contribution in [0.2, 0.25) is 0 Å². The highest BCUT2D eigenvalue weighted by Crippen LogP contribution is 2.35. The molecule has 1 aliphatic heterocycles. The topological polar surface area (TPSA) is 88.4 Å². The SMILES string of the molecule is CCc1ccc(C2CC(c3cc(OC)cc(OC)c3)=NN2C(=O)CCCC(=O)O)cc1. The lowest BCUT2D eigenvalue weighted by Crippen LogP contribution is -2.27. The lowest BCUT2D eigenvalue weighted by Gasteiger charge is -2.22. The molecule has 7 heteroatoms. The van der Waals surface area contributed by atoms with Crippen LogP contribution < -0.4 is 9.47 Å². The zero-order valence-corrected chi connectivity index (χ0v) is 18.1. The zero-order valence-electron chi connectivity index (χ0n) is 18.1. The molecular weight excluding hydrogens is 396 g/mol. The fourth-order valence-electron chi connectivity index (χ4n) is 3.63. The molecule has 31 heavy (non-hydrogen) atoms. The molecule has 0 radical (unpaired) electrons. The minimum absolute atomic E-state index is 0.0426. The maximum absolute atomic E-state index is 12.9. The third kappa shape index (κ3) is 5.42. The van der Waals surface area contributed by atoms with E-state index in [9.17, 15) is 9.59 Å². The van der Waals surface area contributed by atoms with Crippen LogP contribution in [0.1, 0.15) is 55.3 Å². The Morgan fingerprint density at radius 1 is 1.06 bits per heavy atom. The lowest BCUT2D eigenvalue weighted by atomic mass is 9.97. The van der Waals surface area contributed by atoms with Crippen molar-refractivity contribution in [3.05, 3.63) is 59.2 Å². The normalized spacial score (nSPS) is 15.5. The first-order valence-corrected chi connectivity index (χ1v) is 10.4. The van der Waals surface area contributed by atoms with Crippen molar-refractivity contribution in [2.45, 2.75) is 45.1 Å². The van der Waals surface area contributed by atoms with Gasteiger partial charge >= 0.3 is 5.97 Å². The zero-order chi connectivity index (χ0) is 22.4. The summed E-state index contributed by atoms with van der Waals surface area (Å²) in [5.74, 6) is 0.198. The minimum atomic E-state index is -0.909. The van der Waals surface area contributed by atoms with Crippen LogP contribution >= 0.6 is 0 Å². The first-order chi connectivity index (χ1) is 14.9. The number of aryl methyl sites for hydroxylation is 1. The van der Waals surface area contributed by atoms with Gasteiger partial charge in [0.2, 0.25) is 5.91 Å². The second-order valence-electron chi connectivity index (χ2n) is 7.45. The summed E-state index contributed by atoms with van der Waals surface area (Å²) >= 11 is 0. The Morgan fingerprint density at radius 2 is 1.71 bits per heavy atom. The number of carboxylic acids is 1. The number of benzene rings is 2. The molecule has 2 aromatic rings. The fourth-order valence-corrected chi connectivity index (χ4v) is 3.63. The predicted octanol–water partition coefficient (Wildman–Crippen LogP) is 4.20. The smallest absolute Gasteiger partial charge is 0.303 e. The molecule has 0 spiro atoms. The van der Waals surface area contributed by atoms with Crippen molar-refractivity contribution in [3.63, 3.8) is 0 Å². The molecule has 164 valence electrons. The van der Waals surface area contributed by atoms with Crippen LogP contribution in [0.15, 0.2) is 47.6 Å². The number of nitrogens with zero attached hydrogens (tertiary/aromatic N) is 2. The number of hydrazone groups is 1. The molecule has 3 rings (SSSR count). The van der Waals surface area contributed by atoms with E-state index in [1.165, 1.54) is 10.6 Å². The fraction of sp³-hybridized carbons (Fsp3) is 0.375. The molecule has 0 bridgehead atoms. The molecule has 0 saturated heterocycles. The summed E-state index contributed by atoms with van der Waals surface area (Å²) in [5, 5.41) is 15.0. The first kappa shape index (κ1) is 22.3. The van der Waals surface area contributed by atoms with Crippen molar-refractivity contribution >= 4 is 17.6 Å². The van der Waals surface area contributed by atoms with Crippen LogP contribution in [0, 0.1) is 0 Å². The number of hydrogen-bond acceptors (Lipinski definition) is 5. The standard InChI is InChI=1S/C24H28N2O5/c1-4-16-8-10-17(11-9-16)22-15-21(18-12-19(30-2)14-20(13-18)31-3)25-26(22)23(27)6-5-7-24(28)29/h8-14,22H,4-7,15H2,1-3H3,(H,28,29). The summed E-state index contributed by atoms with van der Waals surface area (Å²) in [5.41, 5.74) is 3.80. The van der Waals surface area contributed by atoms with E-state index < -0.39 is 5.97 Å². The van der Waals surface area contributed by atoms with Gasteiger partial charge in [-0.05, 0) is 36.1 Å². The van der Waals surface area contributed by atoms with Crippen LogP contribution in [-0.2, 0) is 16.0 Å². The number of methoxy groups -OCH3 is 2. The molecule has 2 aromatic carbocycles. The molecule has 0 aliphatic carbocycles. The Kier molecular flexibility index (Phi) is 7.28. The summed E-state index contributed by atoms with van der Waals surface area (Å²) in [6.45, 7) is 2.10. The molecule has 1 heterocycles. The van der Waals surface area contributed by atoms with Crippen molar-refractivity contribution in [2.75, 3.05) is 14.2 Å². The number of rotatable bonds is 9. The van der Waals surface area contributed by atoms with Gasteiger partial charge in [0, 0.05) is 30.9 Å². The Balaban J connectivity index is 1.92. The number of amides is 1. The largest absolute Gasteiger partial charge is 0.497 e. The van der Waals surface area contributed by atoms with E-state index in [0.29, 0.717) is 17.9 Å². The summed E-state index contributed by atoms with van der Waals surface area (Å²) < 4.78 is 10.7. The van der Waals surface area contributed by atoms with Gasteiger partial charge in [-0.1, -0.05) is 31.2 Å². The molecule has 0 fully saturated rings. The van der Waals surface area contributed by atoms with Gasteiger partial charge in [0.1, 0.15) is 11.5 Å². The van der Waals surface area contributed by atoms with Crippen LogP contribution in [-0.4, -0.2) is 41.9 Å². The Labute approximate surface area is 182 Å². The van der Waals surface area contributed by atoms with E-state index in [0.717, 1.165) is 23.3 Å². The van der Waals surface area contributed by atoms with Gasteiger partial charge < -0.3 is 14.6 Å². The number of hydrogen-bond donors (Lipinski definition) is 1.